The van der Waals surface area contributed by atoms with Crippen LogP contribution < -0.4 is 5.73 Å². The van der Waals surface area contributed by atoms with E-state index in [0.29, 0.717) is 5.02 Å². The molecule has 0 atom stereocenters. The first-order chi connectivity index (χ1) is 9.17. The van der Waals surface area contributed by atoms with E-state index >= 15 is 0 Å². The standard InChI is InChI=1S/C15H20ClN3/c1-3-5-9-19-13(4-2)18-14(15(19)17)11-7-6-8-12(16)10-11/h6-8,10H,3-5,9,17H2,1-2H3. The van der Waals surface area contributed by atoms with Crippen LogP contribution in [0.2, 0.25) is 5.02 Å². The van der Waals surface area contributed by atoms with Crippen LogP contribution in [0.3, 0.4) is 0 Å². The average Bonchev–Trinajstić information content (AvgIpc) is 2.73. The first-order valence-electron chi connectivity index (χ1n) is 6.78. The smallest absolute Gasteiger partial charge is 0.131 e. The lowest BCUT2D eigenvalue weighted by Crippen LogP contribution is -2.06. The molecule has 0 aliphatic heterocycles. The average molecular weight is 278 g/mol. The summed E-state index contributed by atoms with van der Waals surface area (Å²) in [6, 6.07) is 7.68. The van der Waals surface area contributed by atoms with Gasteiger partial charge in [-0.3, -0.25) is 0 Å². The lowest BCUT2D eigenvalue weighted by atomic mass is 10.1. The van der Waals surface area contributed by atoms with Gasteiger partial charge in [0.05, 0.1) is 0 Å². The number of nitrogens with two attached hydrogens (primary N) is 1. The van der Waals surface area contributed by atoms with Gasteiger partial charge in [-0.1, -0.05) is 44.0 Å². The second-order valence-corrected chi connectivity index (χ2v) is 5.07. The van der Waals surface area contributed by atoms with Gasteiger partial charge in [-0.2, -0.15) is 0 Å². The van der Waals surface area contributed by atoms with Crippen molar-refractivity contribution in [1.29, 1.82) is 0 Å². The van der Waals surface area contributed by atoms with Crippen LogP contribution in [0.4, 0.5) is 5.82 Å². The third-order valence-electron chi connectivity index (χ3n) is 3.24. The molecule has 0 amide bonds. The van der Waals surface area contributed by atoms with Gasteiger partial charge in [0.15, 0.2) is 0 Å². The Morgan fingerprint density at radius 3 is 2.74 bits per heavy atom. The molecule has 102 valence electrons. The van der Waals surface area contributed by atoms with E-state index in [1.807, 2.05) is 24.3 Å². The van der Waals surface area contributed by atoms with Gasteiger partial charge in [0.2, 0.25) is 0 Å². The third-order valence-corrected chi connectivity index (χ3v) is 3.47. The Kier molecular flexibility index (Phi) is 4.48. The number of aryl methyl sites for hydroxylation is 1. The zero-order chi connectivity index (χ0) is 13.8. The van der Waals surface area contributed by atoms with Crippen molar-refractivity contribution in [2.45, 2.75) is 39.7 Å². The zero-order valence-corrected chi connectivity index (χ0v) is 12.2. The van der Waals surface area contributed by atoms with Gasteiger partial charge in [-0.15, -0.1) is 0 Å². The van der Waals surface area contributed by atoms with Crippen LogP contribution >= 0.6 is 11.6 Å². The highest BCUT2D eigenvalue weighted by atomic mass is 35.5. The Hall–Kier alpha value is -1.48. The number of halogens is 1. The molecule has 0 unspecified atom stereocenters. The maximum Gasteiger partial charge on any atom is 0.131 e. The number of aromatic nitrogens is 2. The molecule has 1 heterocycles. The van der Waals surface area contributed by atoms with E-state index in [2.05, 4.69) is 23.4 Å². The molecule has 0 radical (unpaired) electrons. The van der Waals surface area contributed by atoms with Crippen LogP contribution in [0.25, 0.3) is 11.3 Å². The topological polar surface area (TPSA) is 43.8 Å². The molecular weight excluding hydrogens is 258 g/mol. The minimum absolute atomic E-state index is 0.707. The van der Waals surface area contributed by atoms with Crippen molar-refractivity contribution in [2.75, 3.05) is 5.73 Å². The van der Waals surface area contributed by atoms with Gasteiger partial charge < -0.3 is 10.3 Å². The summed E-state index contributed by atoms with van der Waals surface area (Å²) in [5, 5.41) is 0.707. The predicted octanol–water partition coefficient (Wildman–Crippen LogP) is 4.15. The van der Waals surface area contributed by atoms with E-state index < -0.39 is 0 Å². The molecule has 0 saturated heterocycles. The predicted molar refractivity (Wildman–Crippen MR) is 81.4 cm³/mol. The van der Waals surface area contributed by atoms with Crippen LogP contribution in [0.5, 0.6) is 0 Å². The zero-order valence-electron chi connectivity index (χ0n) is 11.5. The van der Waals surface area contributed by atoms with Gasteiger partial charge in [0.25, 0.3) is 0 Å². The Balaban J connectivity index is 2.44. The Morgan fingerprint density at radius 1 is 1.32 bits per heavy atom. The highest BCUT2D eigenvalue weighted by molar-refractivity contribution is 6.30. The summed E-state index contributed by atoms with van der Waals surface area (Å²) >= 11 is 6.04. The molecule has 19 heavy (non-hydrogen) atoms. The molecule has 2 aromatic rings. The summed E-state index contributed by atoms with van der Waals surface area (Å²) in [5.74, 6) is 1.79. The van der Waals surface area contributed by atoms with Crippen molar-refractivity contribution in [3.8, 4) is 11.3 Å². The molecule has 0 spiro atoms. The van der Waals surface area contributed by atoms with E-state index in [0.717, 1.165) is 48.7 Å². The van der Waals surface area contributed by atoms with E-state index in [9.17, 15) is 0 Å². The third kappa shape index (κ3) is 2.92. The van der Waals surface area contributed by atoms with Crippen molar-refractivity contribution in [2.24, 2.45) is 0 Å². The quantitative estimate of drug-likeness (QED) is 0.892. The molecule has 2 N–H and O–H groups in total. The second kappa shape index (κ2) is 6.11. The molecular formula is C15H20ClN3. The van der Waals surface area contributed by atoms with Gasteiger partial charge in [0, 0.05) is 23.6 Å². The lowest BCUT2D eigenvalue weighted by molar-refractivity contribution is 0.612. The van der Waals surface area contributed by atoms with E-state index in [1.54, 1.807) is 0 Å². The molecule has 3 nitrogen and oxygen atoms in total. The van der Waals surface area contributed by atoms with Crippen molar-refractivity contribution < 1.29 is 0 Å². The number of nitrogens with zero attached hydrogens (tertiary/aromatic N) is 2. The first kappa shape index (κ1) is 13.9. The molecule has 4 heteroatoms. The molecule has 0 saturated carbocycles. The van der Waals surface area contributed by atoms with E-state index in [-0.39, 0.29) is 0 Å². The van der Waals surface area contributed by atoms with E-state index in [4.69, 9.17) is 17.3 Å². The number of imidazole rings is 1. The molecule has 0 aliphatic rings. The van der Waals surface area contributed by atoms with Crippen LogP contribution in [0, 0.1) is 0 Å². The number of benzene rings is 1. The number of unbranched alkanes of at least 4 members (excludes halogenated alkanes) is 1. The summed E-state index contributed by atoms with van der Waals surface area (Å²) in [6.45, 7) is 5.21. The SMILES string of the molecule is CCCCn1c(CC)nc(-c2cccc(Cl)c2)c1N. The lowest BCUT2D eigenvalue weighted by Gasteiger charge is -2.07. The number of hydrogen-bond donors (Lipinski definition) is 1. The number of rotatable bonds is 5. The Bertz CT molecular complexity index is 561. The van der Waals surface area contributed by atoms with Crippen molar-refractivity contribution in [1.82, 2.24) is 9.55 Å². The fraction of sp³-hybridized carbons (Fsp3) is 0.400. The van der Waals surface area contributed by atoms with Crippen LogP contribution in [-0.4, -0.2) is 9.55 Å². The maximum atomic E-state index is 6.26. The Morgan fingerprint density at radius 2 is 2.11 bits per heavy atom. The molecule has 1 aromatic carbocycles. The molecule has 0 bridgehead atoms. The van der Waals surface area contributed by atoms with Crippen LogP contribution in [0.15, 0.2) is 24.3 Å². The normalized spacial score (nSPS) is 10.9. The monoisotopic (exact) mass is 277 g/mol. The summed E-state index contributed by atoms with van der Waals surface area (Å²) < 4.78 is 2.12. The van der Waals surface area contributed by atoms with Crippen molar-refractivity contribution >= 4 is 17.4 Å². The van der Waals surface area contributed by atoms with Gasteiger partial charge in [-0.05, 0) is 18.6 Å². The van der Waals surface area contributed by atoms with Gasteiger partial charge in [-0.25, -0.2) is 4.98 Å². The Labute approximate surface area is 119 Å². The number of hydrogen-bond acceptors (Lipinski definition) is 2. The highest BCUT2D eigenvalue weighted by Gasteiger charge is 2.14. The summed E-state index contributed by atoms with van der Waals surface area (Å²) in [4.78, 5) is 4.67. The number of anilines is 1. The molecule has 0 fully saturated rings. The highest BCUT2D eigenvalue weighted by Crippen LogP contribution is 2.28. The maximum absolute atomic E-state index is 6.26. The van der Waals surface area contributed by atoms with Gasteiger partial charge >= 0.3 is 0 Å². The summed E-state index contributed by atoms with van der Waals surface area (Å²) in [5.41, 5.74) is 8.08. The fourth-order valence-corrected chi connectivity index (χ4v) is 2.39. The molecule has 2 rings (SSSR count). The summed E-state index contributed by atoms with van der Waals surface area (Å²) in [7, 11) is 0. The first-order valence-corrected chi connectivity index (χ1v) is 7.16. The van der Waals surface area contributed by atoms with Gasteiger partial charge in [0.1, 0.15) is 17.3 Å². The van der Waals surface area contributed by atoms with E-state index in [1.165, 1.54) is 0 Å². The van der Waals surface area contributed by atoms with Crippen molar-refractivity contribution in [3.05, 3.63) is 35.1 Å². The van der Waals surface area contributed by atoms with Crippen LogP contribution in [0.1, 0.15) is 32.5 Å². The summed E-state index contributed by atoms with van der Waals surface area (Å²) in [6.07, 6.45) is 3.14. The minimum atomic E-state index is 0.707. The fourth-order valence-electron chi connectivity index (χ4n) is 2.20. The van der Waals surface area contributed by atoms with Crippen LogP contribution in [-0.2, 0) is 13.0 Å². The molecule has 0 aliphatic carbocycles. The second-order valence-electron chi connectivity index (χ2n) is 4.63. The minimum Gasteiger partial charge on any atom is -0.383 e. The largest absolute Gasteiger partial charge is 0.383 e. The molecule has 1 aromatic heterocycles. The number of nitrogen functional groups attached to an aromatic ring is 1. The van der Waals surface area contributed by atoms with Crippen molar-refractivity contribution in [3.63, 3.8) is 0 Å².